The number of hydrogen-bond acceptors (Lipinski definition) is 3. The van der Waals surface area contributed by atoms with Crippen molar-refractivity contribution in [1.82, 2.24) is 9.97 Å². The van der Waals surface area contributed by atoms with E-state index in [0.29, 0.717) is 0 Å². The molecule has 2 rings (SSSR count). The van der Waals surface area contributed by atoms with Crippen LogP contribution in [0, 0.1) is 0 Å². The molecule has 0 amide bonds. The molecule has 0 bridgehead atoms. The van der Waals surface area contributed by atoms with E-state index in [-0.39, 0.29) is 6.04 Å². The van der Waals surface area contributed by atoms with Crippen LogP contribution < -0.4 is 5.32 Å². The zero-order valence-electron chi connectivity index (χ0n) is 9.19. The van der Waals surface area contributed by atoms with Crippen LogP contribution in [0.3, 0.4) is 0 Å². The van der Waals surface area contributed by atoms with Crippen LogP contribution in [-0.2, 0) is 0 Å². The van der Waals surface area contributed by atoms with Gasteiger partial charge in [0.1, 0.15) is 0 Å². The molecule has 0 fully saturated rings. The SMILES string of the molecule is CC(Nc1ccc(Br)cc1Br)c1cnccn1. The lowest BCUT2D eigenvalue weighted by atomic mass is 10.2. The molecule has 0 saturated carbocycles. The number of anilines is 1. The highest BCUT2D eigenvalue weighted by Gasteiger charge is 2.08. The Balaban J connectivity index is 2.16. The van der Waals surface area contributed by atoms with E-state index < -0.39 is 0 Å². The summed E-state index contributed by atoms with van der Waals surface area (Å²) in [7, 11) is 0. The lowest BCUT2D eigenvalue weighted by molar-refractivity contribution is 0.826. The summed E-state index contributed by atoms with van der Waals surface area (Å²) < 4.78 is 2.06. The highest BCUT2D eigenvalue weighted by molar-refractivity contribution is 9.11. The second kappa shape index (κ2) is 5.60. The summed E-state index contributed by atoms with van der Waals surface area (Å²) in [6, 6.07) is 6.13. The van der Waals surface area contributed by atoms with Crippen molar-refractivity contribution < 1.29 is 0 Å². The van der Waals surface area contributed by atoms with Crippen LogP contribution in [0.1, 0.15) is 18.7 Å². The first kappa shape index (κ1) is 12.5. The molecule has 0 aliphatic carbocycles. The van der Waals surface area contributed by atoms with Gasteiger partial charge in [-0.05, 0) is 41.1 Å². The summed E-state index contributed by atoms with van der Waals surface area (Å²) >= 11 is 6.95. The first-order valence-electron chi connectivity index (χ1n) is 5.14. The van der Waals surface area contributed by atoms with Gasteiger partial charge in [0.2, 0.25) is 0 Å². The molecule has 0 radical (unpaired) electrons. The monoisotopic (exact) mass is 355 g/mol. The average molecular weight is 357 g/mol. The van der Waals surface area contributed by atoms with Gasteiger partial charge in [0, 0.05) is 27.0 Å². The highest BCUT2D eigenvalue weighted by atomic mass is 79.9. The van der Waals surface area contributed by atoms with E-state index in [0.717, 1.165) is 20.3 Å². The lowest BCUT2D eigenvalue weighted by Crippen LogP contribution is -2.08. The van der Waals surface area contributed by atoms with Gasteiger partial charge >= 0.3 is 0 Å². The third kappa shape index (κ3) is 3.26. The Morgan fingerprint density at radius 2 is 2.06 bits per heavy atom. The first-order chi connectivity index (χ1) is 8.16. The Kier molecular flexibility index (Phi) is 4.12. The number of nitrogens with zero attached hydrogens (tertiary/aromatic N) is 2. The van der Waals surface area contributed by atoms with Gasteiger partial charge < -0.3 is 5.32 Å². The molecule has 2 aromatic rings. The smallest absolute Gasteiger partial charge is 0.0806 e. The predicted molar refractivity (Wildman–Crippen MR) is 75.9 cm³/mol. The van der Waals surface area contributed by atoms with Crippen molar-refractivity contribution in [1.29, 1.82) is 0 Å². The quantitative estimate of drug-likeness (QED) is 0.896. The Bertz CT molecular complexity index is 502. The van der Waals surface area contributed by atoms with Gasteiger partial charge in [0.25, 0.3) is 0 Å². The summed E-state index contributed by atoms with van der Waals surface area (Å²) in [6.45, 7) is 2.05. The van der Waals surface area contributed by atoms with Gasteiger partial charge in [-0.25, -0.2) is 0 Å². The minimum atomic E-state index is 0.112. The van der Waals surface area contributed by atoms with Crippen molar-refractivity contribution >= 4 is 37.5 Å². The molecule has 1 N–H and O–H groups in total. The van der Waals surface area contributed by atoms with Crippen LogP contribution in [0.15, 0.2) is 45.7 Å². The Morgan fingerprint density at radius 3 is 2.71 bits per heavy atom. The first-order valence-corrected chi connectivity index (χ1v) is 6.73. The van der Waals surface area contributed by atoms with Gasteiger partial charge in [-0.1, -0.05) is 15.9 Å². The number of rotatable bonds is 3. The minimum absolute atomic E-state index is 0.112. The summed E-state index contributed by atoms with van der Waals surface area (Å²) in [4.78, 5) is 8.33. The van der Waals surface area contributed by atoms with Crippen molar-refractivity contribution in [2.24, 2.45) is 0 Å². The average Bonchev–Trinajstić information content (AvgIpc) is 2.34. The van der Waals surface area contributed by atoms with E-state index in [1.165, 1.54) is 0 Å². The third-order valence-corrected chi connectivity index (χ3v) is 3.48. The Hall–Kier alpha value is -0.940. The van der Waals surface area contributed by atoms with Crippen molar-refractivity contribution in [3.05, 3.63) is 51.4 Å². The molecule has 1 aromatic carbocycles. The Labute approximate surface area is 117 Å². The van der Waals surface area contributed by atoms with Crippen LogP contribution >= 0.6 is 31.9 Å². The van der Waals surface area contributed by atoms with Crippen LogP contribution in [-0.4, -0.2) is 9.97 Å². The lowest BCUT2D eigenvalue weighted by Gasteiger charge is -2.15. The van der Waals surface area contributed by atoms with Crippen molar-refractivity contribution in [3.8, 4) is 0 Å². The molecule has 0 spiro atoms. The summed E-state index contributed by atoms with van der Waals surface area (Å²) in [6.07, 6.45) is 5.14. The van der Waals surface area contributed by atoms with Crippen LogP contribution in [0.2, 0.25) is 0 Å². The second-order valence-corrected chi connectivity index (χ2v) is 5.39. The summed E-state index contributed by atoms with van der Waals surface area (Å²) in [5, 5.41) is 3.38. The maximum absolute atomic E-state index is 4.27. The van der Waals surface area contributed by atoms with E-state index >= 15 is 0 Å². The maximum atomic E-state index is 4.27. The normalized spacial score (nSPS) is 12.2. The van der Waals surface area contributed by atoms with E-state index in [1.807, 2.05) is 18.2 Å². The number of halogens is 2. The van der Waals surface area contributed by atoms with Crippen molar-refractivity contribution in [2.75, 3.05) is 5.32 Å². The van der Waals surface area contributed by atoms with Gasteiger partial charge in [-0.2, -0.15) is 0 Å². The number of aromatic nitrogens is 2. The number of hydrogen-bond donors (Lipinski definition) is 1. The molecule has 0 aliphatic heterocycles. The third-order valence-electron chi connectivity index (χ3n) is 2.33. The fourth-order valence-corrected chi connectivity index (χ4v) is 2.61. The van der Waals surface area contributed by atoms with Gasteiger partial charge in [0.15, 0.2) is 0 Å². The molecular weight excluding hydrogens is 346 g/mol. The van der Waals surface area contributed by atoms with E-state index in [1.54, 1.807) is 18.6 Å². The molecule has 0 saturated heterocycles. The molecule has 1 atom stereocenters. The van der Waals surface area contributed by atoms with Gasteiger partial charge in [-0.15, -0.1) is 0 Å². The zero-order chi connectivity index (χ0) is 12.3. The van der Waals surface area contributed by atoms with Crippen molar-refractivity contribution in [2.45, 2.75) is 13.0 Å². The molecule has 88 valence electrons. The van der Waals surface area contributed by atoms with E-state index in [4.69, 9.17) is 0 Å². The fraction of sp³-hybridized carbons (Fsp3) is 0.167. The number of benzene rings is 1. The maximum Gasteiger partial charge on any atom is 0.0806 e. The molecular formula is C12H11Br2N3. The topological polar surface area (TPSA) is 37.8 Å². The van der Waals surface area contributed by atoms with Crippen LogP contribution in [0.4, 0.5) is 5.69 Å². The summed E-state index contributed by atoms with van der Waals surface area (Å²) in [5.74, 6) is 0. The second-order valence-electron chi connectivity index (χ2n) is 3.62. The highest BCUT2D eigenvalue weighted by Crippen LogP contribution is 2.28. The standard InChI is InChI=1S/C12H11Br2N3/c1-8(12-7-15-4-5-16-12)17-11-3-2-9(13)6-10(11)14/h2-8,17H,1H3. The van der Waals surface area contributed by atoms with Crippen LogP contribution in [0.25, 0.3) is 0 Å². The molecule has 1 unspecified atom stereocenters. The molecule has 3 nitrogen and oxygen atoms in total. The van der Waals surface area contributed by atoms with Crippen LogP contribution in [0.5, 0.6) is 0 Å². The minimum Gasteiger partial charge on any atom is -0.376 e. The largest absolute Gasteiger partial charge is 0.376 e. The van der Waals surface area contributed by atoms with E-state index in [9.17, 15) is 0 Å². The zero-order valence-corrected chi connectivity index (χ0v) is 12.4. The van der Waals surface area contributed by atoms with Gasteiger partial charge in [0.05, 0.1) is 17.9 Å². The fourth-order valence-electron chi connectivity index (χ4n) is 1.45. The molecule has 17 heavy (non-hydrogen) atoms. The molecule has 0 aliphatic rings. The molecule has 1 aromatic heterocycles. The number of nitrogens with one attached hydrogen (secondary N) is 1. The van der Waals surface area contributed by atoms with E-state index in [2.05, 4.69) is 54.1 Å². The predicted octanol–water partition coefficient (Wildman–Crippen LogP) is 4.17. The van der Waals surface area contributed by atoms with Crippen molar-refractivity contribution in [3.63, 3.8) is 0 Å². The van der Waals surface area contributed by atoms with Gasteiger partial charge in [-0.3, -0.25) is 9.97 Å². The Morgan fingerprint density at radius 1 is 1.24 bits per heavy atom. The molecule has 1 heterocycles. The summed E-state index contributed by atoms with van der Waals surface area (Å²) in [5.41, 5.74) is 1.95. The molecule has 5 heteroatoms.